The topological polar surface area (TPSA) is 45.4 Å². The Hall–Kier alpha value is -1.94. The van der Waals surface area contributed by atoms with Crippen LogP contribution in [0.4, 0.5) is 17.2 Å². The zero-order chi connectivity index (χ0) is 14.8. The number of pyridine rings is 1. The number of halogens is 1. The number of nitrogen functional groups attached to an aromatic ring is 1. The van der Waals surface area contributed by atoms with E-state index in [0.29, 0.717) is 0 Å². The van der Waals surface area contributed by atoms with E-state index in [1.807, 2.05) is 37.4 Å². The minimum Gasteiger partial charge on any atom is -0.396 e. The van der Waals surface area contributed by atoms with Gasteiger partial charge in [0.05, 0.1) is 16.4 Å². The molecule has 0 spiro atoms. The lowest BCUT2D eigenvalue weighted by Crippen LogP contribution is -2.47. The van der Waals surface area contributed by atoms with E-state index < -0.39 is 0 Å². The molecular formula is C16H19ClN4. The summed E-state index contributed by atoms with van der Waals surface area (Å²) in [5.41, 5.74) is 9.10. The lowest BCUT2D eigenvalue weighted by molar-refractivity contribution is 0.648. The van der Waals surface area contributed by atoms with Gasteiger partial charge in [0, 0.05) is 32.4 Å². The van der Waals surface area contributed by atoms with Crippen LogP contribution in [0.5, 0.6) is 0 Å². The van der Waals surface area contributed by atoms with E-state index in [2.05, 4.69) is 20.9 Å². The summed E-state index contributed by atoms with van der Waals surface area (Å²) in [6.07, 6.45) is 1.82. The van der Waals surface area contributed by atoms with E-state index in [1.54, 1.807) is 0 Å². The molecule has 2 N–H and O–H groups in total. The van der Waals surface area contributed by atoms with Crippen LogP contribution in [0.25, 0.3) is 0 Å². The SMILES string of the molecule is Cc1ccnc(N2CCN(c3ccccc3Cl)CC2)c1N. The summed E-state index contributed by atoms with van der Waals surface area (Å²) in [5, 5.41) is 0.805. The van der Waals surface area contributed by atoms with Crippen molar-refractivity contribution in [1.29, 1.82) is 0 Å². The fourth-order valence-electron chi connectivity index (χ4n) is 2.67. The van der Waals surface area contributed by atoms with Gasteiger partial charge in [-0.3, -0.25) is 0 Å². The van der Waals surface area contributed by atoms with Gasteiger partial charge in [-0.15, -0.1) is 0 Å². The minimum absolute atomic E-state index is 0.781. The summed E-state index contributed by atoms with van der Waals surface area (Å²) in [6, 6.07) is 9.92. The average Bonchev–Trinajstić information content (AvgIpc) is 2.51. The monoisotopic (exact) mass is 302 g/mol. The second-order valence-corrected chi connectivity index (χ2v) is 5.70. The molecule has 4 nitrogen and oxygen atoms in total. The molecule has 0 aliphatic carbocycles. The first-order valence-corrected chi connectivity index (χ1v) is 7.50. The van der Waals surface area contributed by atoms with Crippen LogP contribution in [0.1, 0.15) is 5.56 Å². The van der Waals surface area contributed by atoms with E-state index in [4.69, 9.17) is 17.3 Å². The first-order valence-electron chi connectivity index (χ1n) is 7.12. The molecule has 5 heteroatoms. The maximum absolute atomic E-state index is 6.27. The molecule has 0 radical (unpaired) electrons. The smallest absolute Gasteiger partial charge is 0.152 e. The number of piperazine rings is 1. The van der Waals surface area contributed by atoms with Crippen LogP contribution in [0, 0.1) is 6.92 Å². The van der Waals surface area contributed by atoms with E-state index >= 15 is 0 Å². The second-order valence-electron chi connectivity index (χ2n) is 5.29. The highest BCUT2D eigenvalue weighted by Crippen LogP contribution is 2.28. The lowest BCUT2D eigenvalue weighted by Gasteiger charge is -2.37. The van der Waals surface area contributed by atoms with E-state index in [-0.39, 0.29) is 0 Å². The van der Waals surface area contributed by atoms with Crippen LogP contribution >= 0.6 is 11.6 Å². The summed E-state index contributed by atoms with van der Waals surface area (Å²) in [4.78, 5) is 8.99. The number of hydrogen-bond donors (Lipinski definition) is 1. The molecule has 3 rings (SSSR count). The number of aryl methyl sites for hydroxylation is 1. The lowest BCUT2D eigenvalue weighted by atomic mass is 10.2. The molecule has 1 fully saturated rings. The molecule has 2 aromatic rings. The highest BCUT2D eigenvalue weighted by Gasteiger charge is 2.21. The fraction of sp³-hybridized carbons (Fsp3) is 0.312. The zero-order valence-electron chi connectivity index (χ0n) is 12.1. The Kier molecular flexibility index (Phi) is 3.88. The highest BCUT2D eigenvalue weighted by atomic mass is 35.5. The summed E-state index contributed by atoms with van der Waals surface area (Å²) in [5.74, 6) is 0.897. The molecule has 1 saturated heterocycles. The van der Waals surface area contributed by atoms with Gasteiger partial charge >= 0.3 is 0 Å². The Morgan fingerprint density at radius 2 is 1.71 bits per heavy atom. The van der Waals surface area contributed by atoms with Gasteiger partial charge in [0.2, 0.25) is 0 Å². The molecule has 1 aromatic carbocycles. The van der Waals surface area contributed by atoms with Gasteiger partial charge in [-0.1, -0.05) is 23.7 Å². The van der Waals surface area contributed by atoms with Gasteiger partial charge in [0.15, 0.2) is 5.82 Å². The Labute approximate surface area is 130 Å². The molecule has 0 atom stereocenters. The maximum atomic E-state index is 6.27. The first-order chi connectivity index (χ1) is 10.2. The van der Waals surface area contributed by atoms with Crippen molar-refractivity contribution in [2.75, 3.05) is 41.7 Å². The van der Waals surface area contributed by atoms with E-state index in [0.717, 1.165) is 54.0 Å². The maximum Gasteiger partial charge on any atom is 0.152 e. The van der Waals surface area contributed by atoms with Crippen molar-refractivity contribution in [3.8, 4) is 0 Å². The van der Waals surface area contributed by atoms with Crippen molar-refractivity contribution in [2.24, 2.45) is 0 Å². The van der Waals surface area contributed by atoms with Gasteiger partial charge in [0.1, 0.15) is 0 Å². The fourth-order valence-corrected chi connectivity index (χ4v) is 2.93. The van der Waals surface area contributed by atoms with Crippen molar-refractivity contribution in [2.45, 2.75) is 6.92 Å². The van der Waals surface area contributed by atoms with Crippen LogP contribution in [0.15, 0.2) is 36.5 Å². The number of aromatic nitrogens is 1. The van der Waals surface area contributed by atoms with Crippen molar-refractivity contribution in [3.63, 3.8) is 0 Å². The molecule has 2 heterocycles. The van der Waals surface area contributed by atoms with Crippen LogP contribution in [-0.2, 0) is 0 Å². The normalized spacial score (nSPS) is 15.3. The standard InChI is InChI=1S/C16H19ClN4/c1-12-6-7-19-16(15(12)18)21-10-8-20(9-11-21)14-5-3-2-4-13(14)17/h2-7H,8-11,18H2,1H3. The third-order valence-corrected chi connectivity index (χ3v) is 4.28. The largest absolute Gasteiger partial charge is 0.396 e. The van der Waals surface area contributed by atoms with Gasteiger partial charge < -0.3 is 15.5 Å². The van der Waals surface area contributed by atoms with Crippen LogP contribution in [-0.4, -0.2) is 31.2 Å². The van der Waals surface area contributed by atoms with Gasteiger partial charge in [0.25, 0.3) is 0 Å². The molecule has 1 aliphatic rings. The molecule has 0 unspecified atom stereocenters. The quantitative estimate of drug-likeness (QED) is 0.926. The van der Waals surface area contributed by atoms with Crippen molar-refractivity contribution < 1.29 is 0 Å². The van der Waals surface area contributed by atoms with E-state index in [9.17, 15) is 0 Å². The number of para-hydroxylation sites is 1. The predicted molar refractivity (Wildman–Crippen MR) is 89.3 cm³/mol. The molecule has 1 aliphatic heterocycles. The van der Waals surface area contributed by atoms with Gasteiger partial charge in [-0.25, -0.2) is 4.98 Å². The zero-order valence-corrected chi connectivity index (χ0v) is 12.8. The third kappa shape index (κ3) is 2.76. The summed E-state index contributed by atoms with van der Waals surface area (Å²) >= 11 is 6.27. The predicted octanol–water partition coefficient (Wildman–Crippen LogP) is 2.95. The first kappa shape index (κ1) is 14.0. The molecule has 1 aromatic heterocycles. The number of benzene rings is 1. The average molecular weight is 303 g/mol. The number of rotatable bonds is 2. The number of nitrogens with two attached hydrogens (primary N) is 1. The molecule has 110 valence electrons. The highest BCUT2D eigenvalue weighted by molar-refractivity contribution is 6.33. The molecule has 0 bridgehead atoms. The van der Waals surface area contributed by atoms with Crippen LogP contribution in [0.2, 0.25) is 5.02 Å². The molecule has 0 saturated carbocycles. The third-order valence-electron chi connectivity index (χ3n) is 3.96. The van der Waals surface area contributed by atoms with Gasteiger partial charge in [-0.2, -0.15) is 0 Å². The van der Waals surface area contributed by atoms with Crippen molar-refractivity contribution in [1.82, 2.24) is 4.98 Å². The number of hydrogen-bond acceptors (Lipinski definition) is 4. The summed E-state index contributed by atoms with van der Waals surface area (Å²) < 4.78 is 0. The number of anilines is 3. The Balaban J connectivity index is 1.74. The molecule has 0 amide bonds. The summed E-state index contributed by atoms with van der Waals surface area (Å²) in [7, 11) is 0. The van der Waals surface area contributed by atoms with Crippen molar-refractivity contribution >= 4 is 28.8 Å². The molecule has 21 heavy (non-hydrogen) atoms. The van der Waals surface area contributed by atoms with Gasteiger partial charge in [-0.05, 0) is 30.7 Å². The van der Waals surface area contributed by atoms with Crippen LogP contribution in [0.3, 0.4) is 0 Å². The minimum atomic E-state index is 0.781. The van der Waals surface area contributed by atoms with Crippen molar-refractivity contribution in [3.05, 3.63) is 47.1 Å². The summed E-state index contributed by atoms with van der Waals surface area (Å²) in [6.45, 7) is 5.63. The Morgan fingerprint density at radius 3 is 2.43 bits per heavy atom. The number of nitrogens with zero attached hydrogens (tertiary/aromatic N) is 3. The Bertz CT molecular complexity index is 636. The molecular weight excluding hydrogens is 284 g/mol. The van der Waals surface area contributed by atoms with Crippen LogP contribution < -0.4 is 15.5 Å². The van der Waals surface area contributed by atoms with E-state index in [1.165, 1.54) is 0 Å². The second kappa shape index (κ2) is 5.82. The Morgan fingerprint density at radius 1 is 1.05 bits per heavy atom.